The van der Waals surface area contributed by atoms with Gasteiger partial charge in [0, 0.05) is 0 Å². The summed E-state index contributed by atoms with van der Waals surface area (Å²) in [5.41, 5.74) is 0.0994. The fraction of sp³-hybridized carbons (Fsp3) is 0.889. The average molecular weight is 169 g/mol. The first-order valence-corrected chi connectivity index (χ1v) is 5.47. The quantitative estimate of drug-likeness (QED) is 0.604. The summed E-state index contributed by atoms with van der Waals surface area (Å²) in [7, 11) is 0. The van der Waals surface area contributed by atoms with Crippen LogP contribution in [0.4, 0.5) is 0 Å². The molecule has 0 atom stereocenters. The molecule has 1 aliphatic carbocycles. The van der Waals surface area contributed by atoms with Crippen molar-refractivity contribution in [2.45, 2.75) is 32.6 Å². The molecule has 0 aromatic carbocycles. The van der Waals surface area contributed by atoms with Gasteiger partial charge in [0.2, 0.25) is 0 Å². The Morgan fingerprint density at radius 1 is 1.55 bits per heavy atom. The molecular weight excluding hydrogens is 154 g/mol. The maximum atomic E-state index is 8.88. The van der Waals surface area contributed by atoms with Crippen molar-refractivity contribution >= 4 is 11.8 Å². The number of hydrogen-bond donors (Lipinski definition) is 0. The van der Waals surface area contributed by atoms with Crippen LogP contribution in [0.15, 0.2) is 0 Å². The summed E-state index contributed by atoms with van der Waals surface area (Å²) >= 11 is 1.95. The Kier molecular flexibility index (Phi) is 3.26. The minimum Gasteiger partial charge on any atom is -0.198 e. The first kappa shape index (κ1) is 8.93. The second kappa shape index (κ2) is 4.01. The number of hydrogen-bond acceptors (Lipinski definition) is 2. The molecule has 0 saturated heterocycles. The van der Waals surface area contributed by atoms with Crippen molar-refractivity contribution < 1.29 is 0 Å². The zero-order valence-electron chi connectivity index (χ0n) is 7.10. The summed E-state index contributed by atoms with van der Waals surface area (Å²) in [4.78, 5) is 0. The Morgan fingerprint density at radius 2 is 2.27 bits per heavy atom. The van der Waals surface area contributed by atoms with Crippen LogP contribution >= 0.6 is 11.8 Å². The van der Waals surface area contributed by atoms with Gasteiger partial charge in [-0.05, 0) is 30.8 Å². The molecule has 11 heavy (non-hydrogen) atoms. The molecule has 0 aliphatic heterocycles. The highest BCUT2D eigenvalue weighted by molar-refractivity contribution is 7.99. The fourth-order valence-electron chi connectivity index (χ4n) is 1.43. The molecule has 0 aromatic rings. The molecule has 0 unspecified atom stereocenters. The monoisotopic (exact) mass is 169 g/mol. The zero-order chi connectivity index (χ0) is 8.16. The Labute approximate surface area is 73.2 Å². The molecule has 0 aromatic heterocycles. The van der Waals surface area contributed by atoms with Gasteiger partial charge in [0.05, 0.1) is 11.5 Å². The van der Waals surface area contributed by atoms with Crippen LogP contribution in [0.5, 0.6) is 0 Å². The van der Waals surface area contributed by atoms with Gasteiger partial charge in [-0.2, -0.15) is 17.0 Å². The Balaban J connectivity index is 2.18. The van der Waals surface area contributed by atoms with Crippen molar-refractivity contribution in [1.29, 1.82) is 5.26 Å². The molecule has 62 valence electrons. The highest BCUT2D eigenvalue weighted by atomic mass is 32.2. The lowest BCUT2D eigenvalue weighted by molar-refractivity contribution is 0.209. The second-order valence-corrected chi connectivity index (χ2v) is 4.59. The van der Waals surface area contributed by atoms with E-state index in [2.05, 4.69) is 13.0 Å². The Hall–Kier alpha value is -0.160. The molecule has 2 heteroatoms. The molecule has 0 spiro atoms. The van der Waals surface area contributed by atoms with E-state index < -0.39 is 0 Å². The van der Waals surface area contributed by atoms with E-state index in [1.54, 1.807) is 0 Å². The molecule has 1 saturated carbocycles. The van der Waals surface area contributed by atoms with Gasteiger partial charge < -0.3 is 0 Å². The summed E-state index contributed by atoms with van der Waals surface area (Å²) in [6.07, 6.45) is 4.67. The van der Waals surface area contributed by atoms with Crippen LogP contribution < -0.4 is 0 Å². The highest BCUT2D eigenvalue weighted by Crippen LogP contribution is 2.43. The third kappa shape index (κ3) is 2.13. The van der Waals surface area contributed by atoms with Gasteiger partial charge in [-0.25, -0.2) is 0 Å². The Bertz CT molecular complexity index is 155. The SMILES string of the molecule is CCSCCC1(C#N)CCC1. The first-order valence-electron chi connectivity index (χ1n) is 4.32. The predicted octanol–water partition coefficient (Wildman–Crippen LogP) is 2.82. The lowest BCUT2D eigenvalue weighted by atomic mass is 9.68. The van der Waals surface area contributed by atoms with Gasteiger partial charge in [0.1, 0.15) is 0 Å². The molecular formula is C9H15NS. The second-order valence-electron chi connectivity index (χ2n) is 3.19. The van der Waals surface area contributed by atoms with Gasteiger partial charge in [0.25, 0.3) is 0 Å². The summed E-state index contributed by atoms with van der Waals surface area (Å²) in [5.74, 6) is 2.35. The molecule has 0 radical (unpaired) electrons. The van der Waals surface area contributed by atoms with Gasteiger partial charge in [-0.1, -0.05) is 13.3 Å². The molecule has 1 nitrogen and oxygen atoms in total. The molecule has 0 heterocycles. The zero-order valence-corrected chi connectivity index (χ0v) is 7.91. The van der Waals surface area contributed by atoms with E-state index in [0.29, 0.717) is 0 Å². The third-order valence-electron chi connectivity index (χ3n) is 2.48. The van der Waals surface area contributed by atoms with Crippen LogP contribution in [0.3, 0.4) is 0 Å². The molecule has 0 N–H and O–H groups in total. The van der Waals surface area contributed by atoms with Crippen LogP contribution in [0.1, 0.15) is 32.6 Å². The third-order valence-corrected chi connectivity index (χ3v) is 3.38. The summed E-state index contributed by atoms with van der Waals surface area (Å²) in [5, 5.41) is 8.88. The van der Waals surface area contributed by atoms with Gasteiger partial charge in [-0.3, -0.25) is 0 Å². The standard InChI is InChI=1S/C9H15NS/c1-2-11-7-6-9(8-10)4-3-5-9/h2-7H2,1H3. The summed E-state index contributed by atoms with van der Waals surface area (Å²) in [6.45, 7) is 2.17. The van der Waals surface area contributed by atoms with Crippen molar-refractivity contribution in [2.24, 2.45) is 5.41 Å². The number of nitrogens with zero attached hydrogens (tertiary/aromatic N) is 1. The fourth-order valence-corrected chi connectivity index (χ4v) is 2.26. The molecule has 1 fully saturated rings. The number of nitriles is 1. The van der Waals surface area contributed by atoms with Crippen molar-refractivity contribution in [2.75, 3.05) is 11.5 Å². The summed E-state index contributed by atoms with van der Waals surface area (Å²) in [6, 6.07) is 2.46. The van der Waals surface area contributed by atoms with E-state index in [-0.39, 0.29) is 5.41 Å². The topological polar surface area (TPSA) is 23.8 Å². The normalized spacial score (nSPS) is 20.4. The van der Waals surface area contributed by atoms with E-state index in [9.17, 15) is 0 Å². The maximum absolute atomic E-state index is 8.88. The summed E-state index contributed by atoms with van der Waals surface area (Å²) < 4.78 is 0. The molecule has 0 bridgehead atoms. The van der Waals surface area contributed by atoms with E-state index >= 15 is 0 Å². The maximum Gasteiger partial charge on any atom is 0.0690 e. The molecule has 1 rings (SSSR count). The first-order chi connectivity index (χ1) is 5.33. The average Bonchev–Trinajstić information content (AvgIpc) is 1.95. The Morgan fingerprint density at radius 3 is 2.64 bits per heavy atom. The van der Waals surface area contributed by atoms with Crippen LogP contribution in [-0.4, -0.2) is 11.5 Å². The van der Waals surface area contributed by atoms with Crippen LogP contribution in [0, 0.1) is 16.7 Å². The smallest absolute Gasteiger partial charge is 0.0690 e. The van der Waals surface area contributed by atoms with Crippen LogP contribution in [0.25, 0.3) is 0 Å². The molecule has 0 amide bonds. The van der Waals surface area contributed by atoms with Gasteiger partial charge >= 0.3 is 0 Å². The minimum atomic E-state index is 0.0994. The van der Waals surface area contributed by atoms with Crippen LogP contribution in [-0.2, 0) is 0 Å². The lowest BCUT2D eigenvalue weighted by Gasteiger charge is -2.34. The minimum absolute atomic E-state index is 0.0994. The van der Waals surface area contributed by atoms with E-state index in [1.807, 2.05) is 11.8 Å². The van der Waals surface area contributed by atoms with E-state index in [4.69, 9.17) is 5.26 Å². The number of rotatable bonds is 4. The van der Waals surface area contributed by atoms with Crippen molar-refractivity contribution in [3.8, 4) is 6.07 Å². The highest BCUT2D eigenvalue weighted by Gasteiger charge is 2.36. The van der Waals surface area contributed by atoms with Crippen molar-refractivity contribution in [3.05, 3.63) is 0 Å². The van der Waals surface area contributed by atoms with E-state index in [1.165, 1.54) is 17.9 Å². The van der Waals surface area contributed by atoms with Crippen LogP contribution in [0.2, 0.25) is 0 Å². The van der Waals surface area contributed by atoms with Crippen molar-refractivity contribution in [1.82, 2.24) is 0 Å². The van der Waals surface area contributed by atoms with Gasteiger partial charge in [0.15, 0.2) is 0 Å². The molecule has 1 aliphatic rings. The lowest BCUT2D eigenvalue weighted by Crippen LogP contribution is -2.27. The number of thioether (sulfide) groups is 1. The van der Waals surface area contributed by atoms with Crippen molar-refractivity contribution in [3.63, 3.8) is 0 Å². The van der Waals surface area contributed by atoms with Gasteiger partial charge in [-0.15, -0.1) is 0 Å². The predicted molar refractivity (Wildman–Crippen MR) is 49.5 cm³/mol. The largest absolute Gasteiger partial charge is 0.198 e. The van der Waals surface area contributed by atoms with E-state index in [0.717, 1.165) is 19.3 Å².